The summed E-state index contributed by atoms with van der Waals surface area (Å²) in [5, 5.41) is 9.18. The second kappa shape index (κ2) is 10.7. The van der Waals surface area contributed by atoms with Gasteiger partial charge in [0, 0.05) is 42.7 Å². The molecule has 1 aromatic carbocycles. The van der Waals surface area contributed by atoms with E-state index in [1.165, 1.54) is 0 Å². The summed E-state index contributed by atoms with van der Waals surface area (Å²) in [7, 11) is 0. The number of likely N-dealkylation sites (tertiary alicyclic amines) is 1. The van der Waals surface area contributed by atoms with Crippen LogP contribution < -0.4 is 9.64 Å². The highest BCUT2D eigenvalue weighted by atomic mass is 32.2. The van der Waals surface area contributed by atoms with Gasteiger partial charge in [-0.1, -0.05) is 24.3 Å². The first-order valence-corrected chi connectivity index (χ1v) is 14.8. The van der Waals surface area contributed by atoms with Crippen LogP contribution in [0.25, 0.3) is 0 Å². The number of hydrogen-bond acceptors (Lipinski definition) is 6. The van der Waals surface area contributed by atoms with Crippen molar-refractivity contribution in [2.45, 2.75) is 62.1 Å². The van der Waals surface area contributed by atoms with Crippen LogP contribution in [0.3, 0.4) is 0 Å². The van der Waals surface area contributed by atoms with Crippen LogP contribution in [0.4, 0.5) is 5.69 Å². The van der Waals surface area contributed by atoms with Gasteiger partial charge < -0.3 is 24.5 Å². The Hall–Kier alpha value is -2.78. The van der Waals surface area contributed by atoms with Crippen LogP contribution in [0.2, 0.25) is 0 Å². The fourth-order valence-corrected chi connectivity index (χ4v) is 8.50. The Morgan fingerprint density at radius 1 is 1.03 bits per heavy atom. The number of hydrogen-bond donors (Lipinski definition) is 1. The topological polar surface area (TPSA) is 90.4 Å². The number of thioether (sulfide) groups is 1. The number of benzene rings is 1. The number of aliphatic hydroxyl groups excluding tert-OH is 1. The van der Waals surface area contributed by atoms with Crippen molar-refractivity contribution in [2.24, 2.45) is 11.8 Å². The largest absolute Gasteiger partial charge is 0.494 e. The van der Waals surface area contributed by atoms with Crippen LogP contribution in [0.1, 0.15) is 40.5 Å². The summed E-state index contributed by atoms with van der Waals surface area (Å²) < 4.78 is 4.75. The van der Waals surface area contributed by atoms with Gasteiger partial charge in [-0.05, 0) is 64.8 Å². The first-order valence-electron chi connectivity index (χ1n) is 13.9. The summed E-state index contributed by atoms with van der Waals surface area (Å²) in [6.45, 7) is 9.81. The van der Waals surface area contributed by atoms with Crippen molar-refractivity contribution in [3.05, 3.63) is 48.6 Å². The molecule has 8 nitrogen and oxygen atoms in total. The average Bonchev–Trinajstić information content (AvgIpc) is 3.19. The third kappa shape index (κ3) is 4.67. The summed E-state index contributed by atoms with van der Waals surface area (Å²) in [6.07, 6.45) is 9.27. The first-order chi connectivity index (χ1) is 18.6. The van der Waals surface area contributed by atoms with Gasteiger partial charge in [0.15, 0.2) is 0 Å². The molecule has 4 aliphatic rings. The number of fused-ring (bicyclic) bond motifs is 2. The van der Waals surface area contributed by atoms with Crippen LogP contribution in [0.15, 0.2) is 48.6 Å². The molecule has 210 valence electrons. The SMILES string of the molecule is CCOc1ccc(N2CC=C[C@@H]3S[C@]45C=CCN(C(C)(C)C)C(=O)C4N(CCCCO)C(=O)[C@@H]5[C@@H]3C2=O)cc1. The zero-order valence-corrected chi connectivity index (χ0v) is 24.0. The number of nitrogens with zero attached hydrogens (tertiary/aromatic N) is 3. The van der Waals surface area contributed by atoms with E-state index in [-0.39, 0.29) is 29.6 Å². The minimum absolute atomic E-state index is 0.0308. The fourth-order valence-electron chi connectivity index (χ4n) is 6.50. The monoisotopic (exact) mass is 553 g/mol. The quantitative estimate of drug-likeness (QED) is 0.412. The Balaban J connectivity index is 1.54. The van der Waals surface area contributed by atoms with E-state index < -0.39 is 28.2 Å². The second-order valence-electron chi connectivity index (χ2n) is 11.6. The zero-order chi connectivity index (χ0) is 27.9. The number of amides is 3. The zero-order valence-electron chi connectivity index (χ0n) is 23.2. The predicted octanol–water partition coefficient (Wildman–Crippen LogP) is 3.25. The Morgan fingerprint density at radius 2 is 1.77 bits per heavy atom. The van der Waals surface area contributed by atoms with Crippen LogP contribution >= 0.6 is 11.8 Å². The van der Waals surface area contributed by atoms with Crippen LogP contribution in [-0.2, 0) is 14.4 Å². The molecule has 5 atom stereocenters. The van der Waals surface area contributed by atoms with Gasteiger partial charge >= 0.3 is 0 Å². The molecule has 5 rings (SSSR count). The molecular weight excluding hydrogens is 514 g/mol. The van der Waals surface area contributed by atoms with E-state index in [1.54, 1.807) is 21.6 Å². The number of carbonyl (C=O) groups is 3. The summed E-state index contributed by atoms with van der Waals surface area (Å²) in [4.78, 5) is 48.1. The molecule has 2 saturated heterocycles. The number of rotatable bonds is 7. The van der Waals surface area contributed by atoms with E-state index in [9.17, 15) is 19.5 Å². The minimum Gasteiger partial charge on any atom is -0.494 e. The van der Waals surface area contributed by atoms with Crippen molar-refractivity contribution in [3.8, 4) is 5.75 Å². The molecule has 2 fully saturated rings. The second-order valence-corrected chi connectivity index (χ2v) is 13.1. The summed E-state index contributed by atoms with van der Waals surface area (Å²) in [5.74, 6) is -0.794. The summed E-state index contributed by atoms with van der Waals surface area (Å²) in [5.41, 5.74) is 0.339. The molecule has 0 bridgehead atoms. The van der Waals surface area contributed by atoms with Gasteiger partial charge in [-0.15, -0.1) is 11.8 Å². The average molecular weight is 554 g/mol. The number of ether oxygens (including phenoxy) is 1. The Bertz CT molecular complexity index is 1180. The predicted molar refractivity (Wildman–Crippen MR) is 153 cm³/mol. The van der Waals surface area contributed by atoms with Crippen LogP contribution in [0, 0.1) is 11.8 Å². The molecule has 0 saturated carbocycles. The third-order valence-electron chi connectivity index (χ3n) is 8.24. The molecule has 4 aliphatic heterocycles. The van der Waals surface area contributed by atoms with E-state index >= 15 is 0 Å². The van der Waals surface area contributed by atoms with E-state index in [0.29, 0.717) is 39.1 Å². The van der Waals surface area contributed by atoms with Gasteiger partial charge in [0.25, 0.3) is 0 Å². The van der Waals surface area contributed by atoms with E-state index in [2.05, 4.69) is 12.2 Å². The molecule has 3 amide bonds. The molecule has 4 heterocycles. The number of carbonyl (C=O) groups excluding carboxylic acids is 3. The van der Waals surface area contributed by atoms with E-state index in [4.69, 9.17) is 4.74 Å². The lowest BCUT2D eigenvalue weighted by molar-refractivity contribution is -0.145. The minimum atomic E-state index is -0.829. The highest BCUT2D eigenvalue weighted by molar-refractivity contribution is 8.02. The molecule has 39 heavy (non-hydrogen) atoms. The smallest absolute Gasteiger partial charge is 0.247 e. The standard InChI is InChI=1S/C30H39N3O5S/c1-5-38-21-13-11-20(12-14-21)31-17-8-10-22-23(26(31)35)24-27(36)32(16-6-7-19-34)25-28(37)33(29(2,3)4)18-9-15-30(24,25)39-22/h8-15,22-25,34H,5-7,16-19H2,1-4H3/t22-,23+,24-,25?,30-/m0/s1. The first kappa shape index (κ1) is 27.8. The van der Waals surface area contributed by atoms with Crippen molar-refractivity contribution in [1.29, 1.82) is 0 Å². The molecule has 1 aromatic rings. The lowest BCUT2D eigenvalue weighted by Gasteiger charge is -2.40. The van der Waals surface area contributed by atoms with Gasteiger partial charge in [0.1, 0.15) is 11.8 Å². The van der Waals surface area contributed by atoms with Crippen LogP contribution in [-0.4, -0.2) is 87.1 Å². The molecule has 1 unspecified atom stereocenters. The van der Waals surface area contributed by atoms with Gasteiger partial charge in [0.2, 0.25) is 17.7 Å². The lowest BCUT2D eigenvalue weighted by atomic mass is 9.78. The number of anilines is 1. The van der Waals surface area contributed by atoms with Crippen molar-refractivity contribution in [2.75, 3.05) is 37.7 Å². The lowest BCUT2D eigenvalue weighted by Crippen LogP contribution is -2.57. The highest BCUT2D eigenvalue weighted by Gasteiger charge is 2.71. The molecule has 0 radical (unpaired) electrons. The maximum absolute atomic E-state index is 14.3. The normalized spacial score (nSPS) is 30.3. The molecule has 1 N–H and O–H groups in total. The van der Waals surface area contributed by atoms with Crippen molar-refractivity contribution >= 4 is 35.2 Å². The molecule has 0 aromatic heterocycles. The van der Waals surface area contributed by atoms with E-state index in [0.717, 1.165) is 11.4 Å². The molecule has 1 spiro atoms. The van der Waals surface area contributed by atoms with Gasteiger partial charge in [-0.25, -0.2) is 0 Å². The molecular formula is C30H39N3O5S. The van der Waals surface area contributed by atoms with Crippen LogP contribution in [0.5, 0.6) is 5.75 Å². The van der Waals surface area contributed by atoms with Crippen molar-refractivity contribution < 1.29 is 24.2 Å². The maximum Gasteiger partial charge on any atom is 0.247 e. The maximum atomic E-state index is 14.3. The van der Waals surface area contributed by atoms with E-state index in [1.807, 2.05) is 69.0 Å². The Kier molecular flexibility index (Phi) is 7.59. The molecule has 0 aliphatic carbocycles. The summed E-state index contributed by atoms with van der Waals surface area (Å²) >= 11 is 1.60. The fraction of sp³-hybridized carbons (Fsp3) is 0.567. The Morgan fingerprint density at radius 3 is 2.44 bits per heavy atom. The van der Waals surface area contributed by atoms with Crippen molar-refractivity contribution in [3.63, 3.8) is 0 Å². The van der Waals surface area contributed by atoms with Gasteiger partial charge in [-0.3, -0.25) is 14.4 Å². The Labute approximate surface area is 235 Å². The molecule has 9 heteroatoms. The van der Waals surface area contributed by atoms with Crippen molar-refractivity contribution in [1.82, 2.24) is 9.80 Å². The summed E-state index contributed by atoms with van der Waals surface area (Å²) in [6, 6.07) is 6.79. The van der Waals surface area contributed by atoms with Gasteiger partial charge in [0.05, 0.1) is 23.2 Å². The highest BCUT2D eigenvalue weighted by Crippen LogP contribution is 2.61. The van der Waals surface area contributed by atoms with Gasteiger partial charge in [-0.2, -0.15) is 0 Å². The number of aliphatic hydroxyl groups is 1. The third-order valence-corrected chi connectivity index (χ3v) is 9.98. The number of unbranched alkanes of at least 4 members (excludes halogenated alkanes) is 1.